The Kier molecular flexibility index (Phi) is 4.66. The molecule has 22 heavy (non-hydrogen) atoms. The molecule has 1 N–H and O–H groups in total. The molecule has 0 unspecified atom stereocenters. The predicted octanol–water partition coefficient (Wildman–Crippen LogP) is 2.89. The first kappa shape index (κ1) is 16.2. The Balaban J connectivity index is 2.06. The van der Waals surface area contributed by atoms with E-state index in [0.29, 0.717) is 12.1 Å². The van der Waals surface area contributed by atoms with Gasteiger partial charge in [0.2, 0.25) is 5.91 Å². The van der Waals surface area contributed by atoms with Gasteiger partial charge < -0.3 is 5.32 Å². The van der Waals surface area contributed by atoms with Gasteiger partial charge in [0.15, 0.2) is 9.84 Å². The predicted molar refractivity (Wildman–Crippen MR) is 87.8 cm³/mol. The van der Waals surface area contributed by atoms with Crippen LogP contribution < -0.4 is 5.32 Å². The molecule has 0 aliphatic carbocycles. The average molecular weight is 317 g/mol. The molecule has 0 fully saturated rings. The number of hydrogen-bond acceptors (Lipinski definition) is 3. The Morgan fingerprint density at radius 2 is 1.68 bits per heavy atom. The van der Waals surface area contributed by atoms with E-state index in [9.17, 15) is 13.2 Å². The van der Waals surface area contributed by atoms with Crippen LogP contribution in [0.2, 0.25) is 0 Å². The average Bonchev–Trinajstić information content (AvgIpc) is 2.41. The summed E-state index contributed by atoms with van der Waals surface area (Å²) in [7, 11) is -3.22. The molecule has 2 aromatic carbocycles. The van der Waals surface area contributed by atoms with Crippen LogP contribution in [0.15, 0.2) is 47.4 Å². The number of carbonyl (C=O) groups is 1. The maximum Gasteiger partial charge on any atom is 0.228 e. The van der Waals surface area contributed by atoms with Crippen LogP contribution in [0, 0.1) is 13.8 Å². The number of rotatable bonds is 4. The molecule has 1 amide bonds. The van der Waals surface area contributed by atoms with Gasteiger partial charge in [-0.1, -0.05) is 23.8 Å². The van der Waals surface area contributed by atoms with Gasteiger partial charge in [-0.05, 0) is 49.2 Å². The molecule has 0 aliphatic rings. The summed E-state index contributed by atoms with van der Waals surface area (Å²) in [6.45, 7) is 4.00. The minimum Gasteiger partial charge on any atom is -0.326 e. The number of carbonyl (C=O) groups excluding carboxylic acids is 1. The molecule has 116 valence electrons. The van der Waals surface area contributed by atoms with Gasteiger partial charge in [-0.2, -0.15) is 0 Å². The second-order valence-corrected chi connectivity index (χ2v) is 7.47. The summed E-state index contributed by atoms with van der Waals surface area (Å²) in [5.74, 6) is -0.126. The number of aryl methyl sites for hydroxylation is 2. The molecular formula is C17H19NO3S. The fraction of sp³-hybridized carbons (Fsp3) is 0.235. The third-order valence-electron chi connectivity index (χ3n) is 3.42. The zero-order valence-electron chi connectivity index (χ0n) is 12.9. The van der Waals surface area contributed by atoms with Crippen molar-refractivity contribution in [2.24, 2.45) is 0 Å². The van der Waals surface area contributed by atoms with Crippen molar-refractivity contribution in [3.8, 4) is 0 Å². The van der Waals surface area contributed by atoms with Crippen molar-refractivity contribution in [1.29, 1.82) is 0 Å². The minimum atomic E-state index is -3.22. The first-order valence-corrected chi connectivity index (χ1v) is 8.81. The molecule has 0 aliphatic heterocycles. The number of benzene rings is 2. The van der Waals surface area contributed by atoms with E-state index in [4.69, 9.17) is 0 Å². The van der Waals surface area contributed by atoms with Gasteiger partial charge >= 0.3 is 0 Å². The van der Waals surface area contributed by atoms with Gasteiger partial charge in [0, 0.05) is 11.9 Å². The number of amides is 1. The van der Waals surface area contributed by atoms with E-state index in [2.05, 4.69) is 5.32 Å². The fourth-order valence-corrected chi connectivity index (χ4v) is 2.84. The molecule has 2 aromatic rings. The van der Waals surface area contributed by atoms with Crippen molar-refractivity contribution in [3.05, 3.63) is 59.2 Å². The topological polar surface area (TPSA) is 63.2 Å². The van der Waals surface area contributed by atoms with Gasteiger partial charge in [0.25, 0.3) is 0 Å². The third-order valence-corrected chi connectivity index (χ3v) is 4.54. The lowest BCUT2D eigenvalue weighted by Gasteiger charge is -2.09. The van der Waals surface area contributed by atoms with Gasteiger partial charge in [-0.3, -0.25) is 4.79 Å². The van der Waals surface area contributed by atoms with Crippen LogP contribution in [0.5, 0.6) is 0 Å². The van der Waals surface area contributed by atoms with E-state index in [0.717, 1.165) is 22.9 Å². The van der Waals surface area contributed by atoms with E-state index in [1.54, 1.807) is 12.1 Å². The molecular weight excluding hydrogens is 298 g/mol. The summed E-state index contributed by atoms with van der Waals surface area (Å²) >= 11 is 0. The second-order valence-electron chi connectivity index (χ2n) is 5.45. The third kappa shape index (κ3) is 4.18. The summed E-state index contributed by atoms with van der Waals surface area (Å²) in [4.78, 5) is 12.3. The highest BCUT2D eigenvalue weighted by Crippen LogP contribution is 2.15. The molecule has 0 aromatic heterocycles. The van der Waals surface area contributed by atoms with Crippen molar-refractivity contribution >= 4 is 21.4 Å². The van der Waals surface area contributed by atoms with Crippen molar-refractivity contribution < 1.29 is 13.2 Å². The first-order chi connectivity index (χ1) is 10.3. The Labute approximate surface area is 131 Å². The maximum atomic E-state index is 12.1. The molecule has 0 bridgehead atoms. The zero-order chi connectivity index (χ0) is 16.3. The number of anilines is 1. The van der Waals surface area contributed by atoms with Crippen LogP contribution in [0.3, 0.4) is 0 Å². The zero-order valence-corrected chi connectivity index (χ0v) is 13.7. The molecule has 4 nitrogen and oxygen atoms in total. The Morgan fingerprint density at radius 3 is 2.23 bits per heavy atom. The number of sulfone groups is 1. The maximum absolute atomic E-state index is 12.1. The molecule has 0 spiro atoms. The van der Waals surface area contributed by atoms with E-state index >= 15 is 0 Å². The van der Waals surface area contributed by atoms with Crippen LogP contribution in [-0.4, -0.2) is 20.6 Å². The van der Waals surface area contributed by atoms with Gasteiger partial charge in [-0.25, -0.2) is 8.42 Å². The summed E-state index contributed by atoms with van der Waals surface area (Å²) in [5, 5.41) is 2.78. The fourth-order valence-electron chi connectivity index (χ4n) is 2.21. The van der Waals surface area contributed by atoms with Crippen molar-refractivity contribution in [2.75, 3.05) is 11.6 Å². The summed E-state index contributed by atoms with van der Waals surface area (Å²) in [6.07, 6.45) is 1.45. The molecule has 0 saturated heterocycles. The SMILES string of the molecule is Cc1ccc(CC(=O)Nc2ccc(S(C)(=O)=O)cc2)c(C)c1. The summed E-state index contributed by atoms with van der Waals surface area (Å²) in [6, 6.07) is 12.1. The number of nitrogens with one attached hydrogen (secondary N) is 1. The van der Waals surface area contributed by atoms with E-state index in [1.165, 1.54) is 12.1 Å². The first-order valence-electron chi connectivity index (χ1n) is 6.92. The Hall–Kier alpha value is -2.14. The highest BCUT2D eigenvalue weighted by molar-refractivity contribution is 7.90. The standard InChI is InChI=1S/C17H19NO3S/c1-12-4-5-14(13(2)10-12)11-17(19)18-15-6-8-16(9-7-15)22(3,20)21/h4-10H,11H2,1-3H3,(H,18,19). The Morgan fingerprint density at radius 1 is 1.05 bits per heavy atom. The largest absolute Gasteiger partial charge is 0.326 e. The summed E-state index contributed by atoms with van der Waals surface area (Å²) < 4.78 is 22.8. The minimum absolute atomic E-state index is 0.126. The highest BCUT2D eigenvalue weighted by Gasteiger charge is 2.09. The quantitative estimate of drug-likeness (QED) is 0.943. The van der Waals surface area contributed by atoms with Gasteiger partial charge in [0.05, 0.1) is 11.3 Å². The van der Waals surface area contributed by atoms with Crippen LogP contribution in [0.4, 0.5) is 5.69 Å². The molecule has 0 radical (unpaired) electrons. The van der Waals surface area contributed by atoms with Gasteiger partial charge in [-0.15, -0.1) is 0 Å². The lowest BCUT2D eigenvalue weighted by molar-refractivity contribution is -0.115. The van der Waals surface area contributed by atoms with Crippen molar-refractivity contribution in [1.82, 2.24) is 0 Å². The molecule has 2 rings (SSSR count). The molecule has 0 heterocycles. The lowest BCUT2D eigenvalue weighted by atomic mass is 10.0. The smallest absolute Gasteiger partial charge is 0.228 e. The van der Waals surface area contributed by atoms with Crippen molar-refractivity contribution in [3.63, 3.8) is 0 Å². The van der Waals surface area contributed by atoms with E-state index < -0.39 is 9.84 Å². The Bertz CT molecular complexity index is 793. The van der Waals surface area contributed by atoms with Crippen LogP contribution in [0.25, 0.3) is 0 Å². The lowest BCUT2D eigenvalue weighted by Crippen LogP contribution is -2.15. The number of hydrogen-bond donors (Lipinski definition) is 1. The monoisotopic (exact) mass is 317 g/mol. The second kappa shape index (κ2) is 6.32. The van der Waals surface area contributed by atoms with E-state index in [-0.39, 0.29) is 10.8 Å². The molecule has 5 heteroatoms. The van der Waals surface area contributed by atoms with Gasteiger partial charge in [0.1, 0.15) is 0 Å². The molecule has 0 atom stereocenters. The summed E-state index contributed by atoms with van der Waals surface area (Å²) in [5.41, 5.74) is 3.82. The van der Waals surface area contributed by atoms with Crippen LogP contribution in [0.1, 0.15) is 16.7 Å². The van der Waals surface area contributed by atoms with E-state index in [1.807, 2.05) is 32.0 Å². The normalized spacial score (nSPS) is 11.2. The van der Waals surface area contributed by atoms with Crippen LogP contribution >= 0.6 is 0 Å². The highest BCUT2D eigenvalue weighted by atomic mass is 32.2. The van der Waals surface area contributed by atoms with Crippen molar-refractivity contribution in [2.45, 2.75) is 25.2 Å². The molecule has 0 saturated carbocycles. The van der Waals surface area contributed by atoms with Crippen LogP contribution in [-0.2, 0) is 21.1 Å².